The Hall–Kier alpha value is -1.46. The highest BCUT2D eigenvalue weighted by molar-refractivity contribution is 6.32. The van der Waals surface area contributed by atoms with Gasteiger partial charge < -0.3 is 20.5 Å². The second kappa shape index (κ2) is 10.3. The van der Waals surface area contributed by atoms with Crippen LogP contribution in [0.1, 0.15) is 38.7 Å². The summed E-state index contributed by atoms with van der Waals surface area (Å²) in [5.41, 5.74) is 6.10. The molecule has 0 saturated heterocycles. The molecule has 0 bridgehead atoms. The van der Waals surface area contributed by atoms with Crippen LogP contribution in [0.4, 0.5) is 0 Å². The van der Waals surface area contributed by atoms with Crippen LogP contribution in [0.3, 0.4) is 0 Å². The molecule has 1 rings (SSSR count). The minimum absolute atomic E-state index is 0.228. The molecule has 0 aliphatic heterocycles. The normalized spacial score (nSPS) is 10.5. The fourth-order valence-electron chi connectivity index (χ4n) is 2.00. The van der Waals surface area contributed by atoms with Crippen molar-refractivity contribution >= 4 is 17.5 Å². The molecule has 3 N–H and O–H groups in total. The van der Waals surface area contributed by atoms with Crippen molar-refractivity contribution < 1.29 is 14.3 Å². The quantitative estimate of drug-likeness (QED) is 0.613. The van der Waals surface area contributed by atoms with Gasteiger partial charge in [0.15, 0.2) is 18.1 Å². The second-order valence-corrected chi connectivity index (χ2v) is 5.38. The van der Waals surface area contributed by atoms with Gasteiger partial charge in [-0.3, -0.25) is 4.79 Å². The number of nitrogens with two attached hydrogens (primary N) is 1. The number of rotatable bonds is 11. The largest absolute Gasteiger partial charge is 0.490 e. The zero-order chi connectivity index (χ0) is 16.4. The highest BCUT2D eigenvalue weighted by atomic mass is 35.5. The Balaban J connectivity index is 2.73. The van der Waals surface area contributed by atoms with Gasteiger partial charge in [-0.1, -0.05) is 31.4 Å². The fraction of sp³-hybridized carbons (Fsp3) is 0.562. The smallest absolute Gasteiger partial charge is 0.255 e. The van der Waals surface area contributed by atoms with Crippen LogP contribution < -0.4 is 20.5 Å². The molecule has 0 aromatic heterocycles. The van der Waals surface area contributed by atoms with Crippen LogP contribution in [0.15, 0.2) is 12.1 Å². The van der Waals surface area contributed by atoms with Gasteiger partial charge in [0.25, 0.3) is 5.91 Å². The number of hydrogen-bond acceptors (Lipinski definition) is 4. The van der Waals surface area contributed by atoms with Crippen molar-refractivity contribution in [2.45, 2.75) is 39.7 Å². The van der Waals surface area contributed by atoms with Crippen LogP contribution in [0, 0.1) is 0 Å². The van der Waals surface area contributed by atoms with Gasteiger partial charge in [0, 0.05) is 6.54 Å². The maximum atomic E-state index is 10.9. The van der Waals surface area contributed by atoms with E-state index >= 15 is 0 Å². The first-order chi connectivity index (χ1) is 10.6. The summed E-state index contributed by atoms with van der Waals surface area (Å²) in [5, 5.41) is 3.79. The van der Waals surface area contributed by atoms with Crippen LogP contribution in [-0.2, 0) is 11.3 Å². The van der Waals surface area contributed by atoms with E-state index in [0.717, 1.165) is 18.5 Å². The van der Waals surface area contributed by atoms with E-state index in [1.165, 1.54) is 12.8 Å². The van der Waals surface area contributed by atoms with E-state index in [2.05, 4.69) is 12.2 Å². The maximum absolute atomic E-state index is 10.9. The lowest BCUT2D eigenvalue weighted by Gasteiger charge is -2.15. The molecule has 0 aliphatic carbocycles. The van der Waals surface area contributed by atoms with Gasteiger partial charge in [0.2, 0.25) is 0 Å². The van der Waals surface area contributed by atoms with Crippen molar-refractivity contribution in [1.82, 2.24) is 5.32 Å². The van der Waals surface area contributed by atoms with E-state index in [-0.39, 0.29) is 6.61 Å². The summed E-state index contributed by atoms with van der Waals surface area (Å²) >= 11 is 6.23. The van der Waals surface area contributed by atoms with E-state index in [1.54, 1.807) is 0 Å². The van der Waals surface area contributed by atoms with Gasteiger partial charge in [-0.25, -0.2) is 0 Å². The summed E-state index contributed by atoms with van der Waals surface area (Å²) in [6.07, 6.45) is 3.58. The zero-order valence-corrected chi connectivity index (χ0v) is 14.0. The lowest BCUT2D eigenvalue weighted by Crippen LogP contribution is -2.20. The molecular weight excluding hydrogens is 304 g/mol. The number of amides is 1. The molecule has 6 heteroatoms. The van der Waals surface area contributed by atoms with Crippen molar-refractivity contribution in [2.75, 3.05) is 19.8 Å². The van der Waals surface area contributed by atoms with Crippen LogP contribution in [0.25, 0.3) is 0 Å². The van der Waals surface area contributed by atoms with Crippen molar-refractivity contribution in [3.8, 4) is 11.5 Å². The van der Waals surface area contributed by atoms with E-state index in [9.17, 15) is 4.79 Å². The van der Waals surface area contributed by atoms with Gasteiger partial charge in [0.1, 0.15) is 0 Å². The van der Waals surface area contributed by atoms with Crippen LogP contribution >= 0.6 is 11.6 Å². The van der Waals surface area contributed by atoms with E-state index in [4.69, 9.17) is 26.8 Å². The first kappa shape index (κ1) is 18.6. The first-order valence-corrected chi connectivity index (χ1v) is 8.03. The molecular formula is C16H25ClN2O3. The number of halogens is 1. The monoisotopic (exact) mass is 328 g/mol. The van der Waals surface area contributed by atoms with E-state index in [1.807, 2.05) is 19.1 Å². The highest BCUT2D eigenvalue weighted by Crippen LogP contribution is 2.36. The molecule has 0 aliphatic rings. The molecule has 1 aromatic rings. The fourth-order valence-corrected chi connectivity index (χ4v) is 2.29. The van der Waals surface area contributed by atoms with E-state index < -0.39 is 5.91 Å². The number of carbonyl (C=O) groups is 1. The topological polar surface area (TPSA) is 73.6 Å². The molecule has 124 valence electrons. The lowest BCUT2D eigenvalue weighted by atomic mass is 10.2. The Morgan fingerprint density at radius 3 is 2.68 bits per heavy atom. The molecule has 0 unspecified atom stereocenters. The van der Waals surface area contributed by atoms with Crippen molar-refractivity contribution in [3.05, 3.63) is 22.7 Å². The number of benzene rings is 1. The van der Waals surface area contributed by atoms with Gasteiger partial charge in [-0.15, -0.1) is 0 Å². The summed E-state index contributed by atoms with van der Waals surface area (Å²) in [4.78, 5) is 10.9. The predicted octanol–water partition coefficient (Wildman–Crippen LogP) is 2.88. The third-order valence-electron chi connectivity index (χ3n) is 3.01. The molecule has 1 aromatic carbocycles. The van der Waals surface area contributed by atoms with Crippen molar-refractivity contribution in [3.63, 3.8) is 0 Å². The summed E-state index contributed by atoms with van der Waals surface area (Å²) in [7, 11) is 0. The number of carbonyl (C=O) groups excluding carboxylic acids is 1. The molecule has 0 heterocycles. The number of unbranched alkanes of at least 4 members (excludes halogenated alkanes) is 2. The minimum atomic E-state index is -0.555. The van der Waals surface area contributed by atoms with Crippen molar-refractivity contribution in [1.29, 1.82) is 0 Å². The lowest BCUT2D eigenvalue weighted by molar-refractivity contribution is -0.119. The number of nitrogens with one attached hydrogen (secondary N) is 1. The average molecular weight is 329 g/mol. The Labute approximate surface area is 137 Å². The van der Waals surface area contributed by atoms with Gasteiger partial charge >= 0.3 is 0 Å². The average Bonchev–Trinajstić information content (AvgIpc) is 2.46. The summed E-state index contributed by atoms with van der Waals surface area (Å²) < 4.78 is 10.9. The standard InChI is InChI=1S/C16H25ClN2O3/c1-3-5-6-7-19-10-12-8-13(17)16(22-11-15(18)20)14(9-12)21-4-2/h8-9,19H,3-7,10-11H2,1-2H3,(H2,18,20). The molecule has 0 fully saturated rings. The Kier molecular flexibility index (Phi) is 8.70. The number of primary amides is 1. The number of ether oxygens (including phenoxy) is 2. The molecule has 22 heavy (non-hydrogen) atoms. The third kappa shape index (κ3) is 6.54. The van der Waals surface area contributed by atoms with Gasteiger partial charge in [-0.05, 0) is 37.6 Å². The maximum Gasteiger partial charge on any atom is 0.255 e. The van der Waals surface area contributed by atoms with Crippen LogP contribution in [0.5, 0.6) is 11.5 Å². The van der Waals surface area contributed by atoms with Gasteiger partial charge in [-0.2, -0.15) is 0 Å². The zero-order valence-electron chi connectivity index (χ0n) is 13.3. The Morgan fingerprint density at radius 1 is 1.27 bits per heavy atom. The predicted molar refractivity (Wildman–Crippen MR) is 88.5 cm³/mol. The molecule has 5 nitrogen and oxygen atoms in total. The summed E-state index contributed by atoms with van der Waals surface area (Å²) in [5.74, 6) is 0.332. The Morgan fingerprint density at radius 2 is 2.05 bits per heavy atom. The first-order valence-electron chi connectivity index (χ1n) is 7.65. The van der Waals surface area contributed by atoms with Gasteiger partial charge in [0.05, 0.1) is 11.6 Å². The van der Waals surface area contributed by atoms with Crippen LogP contribution in [0.2, 0.25) is 5.02 Å². The summed E-state index contributed by atoms with van der Waals surface area (Å²) in [6.45, 7) is 5.99. The molecule has 1 amide bonds. The SMILES string of the molecule is CCCCCNCc1cc(Cl)c(OCC(N)=O)c(OCC)c1. The minimum Gasteiger partial charge on any atom is -0.490 e. The molecule has 0 atom stereocenters. The highest BCUT2D eigenvalue weighted by Gasteiger charge is 2.13. The molecule has 0 spiro atoms. The summed E-state index contributed by atoms with van der Waals surface area (Å²) in [6, 6.07) is 3.69. The molecule has 0 radical (unpaired) electrons. The number of hydrogen-bond donors (Lipinski definition) is 2. The second-order valence-electron chi connectivity index (χ2n) is 4.98. The Bertz CT molecular complexity index is 481. The van der Waals surface area contributed by atoms with Crippen molar-refractivity contribution in [2.24, 2.45) is 5.73 Å². The third-order valence-corrected chi connectivity index (χ3v) is 3.29. The van der Waals surface area contributed by atoms with E-state index in [0.29, 0.717) is 29.7 Å². The molecule has 0 saturated carbocycles. The van der Waals surface area contributed by atoms with Crippen LogP contribution in [-0.4, -0.2) is 25.7 Å².